The van der Waals surface area contributed by atoms with Gasteiger partial charge in [-0.3, -0.25) is 0 Å². The number of aromatic nitrogens is 1. The van der Waals surface area contributed by atoms with Gasteiger partial charge in [0, 0.05) is 13.2 Å². The van der Waals surface area contributed by atoms with Crippen molar-refractivity contribution in [1.29, 1.82) is 0 Å². The summed E-state index contributed by atoms with van der Waals surface area (Å²) >= 11 is 3.33. The van der Waals surface area contributed by atoms with Gasteiger partial charge in [-0.2, -0.15) is 0 Å². The van der Waals surface area contributed by atoms with E-state index >= 15 is 0 Å². The van der Waals surface area contributed by atoms with Crippen molar-refractivity contribution in [2.75, 3.05) is 19.0 Å². The van der Waals surface area contributed by atoms with Crippen molar-refractivity contribution < 1.29 is 4.74 Å². The lowest BCUT2D eigenvalue weighted by atomic mass is 10.2. The van der Waals surface area contributed by atoms with Crippen molar-refractivity contribution in [3.63, 3.8) is 0 Å². The number of methoxy groups -OCH3 is 1. The van der Waals surface area contributed by atoms with E-state index in [1.54, 1.807) is 7.11 Å². The summed E-state index contributed by atoms with van der Waals surface area (Å²) in [5, 5.41) is 3.33. The number of ether oxygens (including phenoxy) is 1. The average molecular weight is 259 g/mol. The second-order valence-electron chi connectivity index (χ2n) is 3.27. The molecule has 0 saturated heterocycles. The summed E-state index contributed by atoms with van der Waals surface area (Å²) in [5.41, 5.74) is 2.04. The number of hydrogen-bond donors (Lipinski definition) is 1. The summed E-state index contributed by atoms with van der Waals surface area (Å²) in [6.45, 7) is 4.74. The second kappa shape index (κ2) is 5.32. The molecule has 1 aromatic heterocycles. The molecular formula is C10H15BrN2O. The van der Waals surface area contributed by atoms with E-state index < -0.39 is 0 Å². The molecule has 0 fully saturated rings. The molecule has 0 aliphatic carbocycles. The third-order valence-electron chi connectivity index (χ3n) is 1.87. The topological polar surface area (TPSA) is 34.1 Å². The van der Waals surface area contributed by atoms with Crippen LogP contribution in [0.15, 0.2) is 16.7 Å². The molecule has 1 heterocycles. The van der Waals surface area contributed by atoms with Gasteiger partial charge in [0.25, 0.3) is 0 Å². The van der Waals surface area contributed by atoms with E-state index in [1.807, 2.05) is 19.1 Å². The van der Waals surface area contributed by atoms with Crippen molar-refractivity contribution in [3.05, 3.63) is 22.4 Å². The van der Waals surface area contributed by atoms with Gasteiger partial charge >= 0.3 is 0 Å². The van der Waals surface area contributed by atoms with E-state index in [0.717, 1.165) is 16.0 Å². The SMILES string of the molecule is COCC(C)Nc1ccc(Br)nc1C. The number of halogens is 1. The molecular weight excluding hydrogens is 244 g/mol. The zero-order chi connectivity index (χ0) is 10.6. The Bertz CT molecular complexity index is 304. The van der Waals surface area contributed by atoms with E-state index in [4.69, 9.17) is 4.74 Å². The van der Waals surface area contributed by atoms with Crippen LogP contribution in [-0.2, 0) is 4.74 Å². The molecule has 0 radical (unpaired) electrons. The lowest BCUT2D eigenvalue weighted by Crippen LogP contribution is -2.21. The smallest absolute Gasteiger partial charge is 0.106 e. The second-order valence-corrected chi connectivity index (χ2v) is 4.08. The zero-order valence-corrected chi connectivity index (χ0v) is 10.3. The van der Waals surface area contributed by atoms with E-state index in [0.29, 0.717) is 12.6 Å². The van der Waals surface area contributed by atoms with Crippen molar-refractivity contribution in [3.8, 4) is 0 Å². The Morgan fingerprint density at radius 3 is 2.86 bits per heavy atom. The van der Waals surface area contributed by atoms with Crippen LogP contribution in [0.5, 0.6) is 0 Å². The molecule has 0 saturated carbocycles. The van der Waals surface area contributed by atoms with Crippen molar-refractivity contribution in [2.45, 2.75) is 19.9 Å². The highest BCUT2D eigenvalue weighted by molar-refractivity contribution is 9.10. The minimum Gasteiger partial charge on any atom is -0.383 e. The van der Waals surface area contributed by atoms with E-state index in [9.17, 15) is 0 Å². The van der Waals surface area contributed by atoms with Crippen molar-refractivity contribution in [2.24, 2.45) is 0 Å². The number of nitrogens with one attached hydrogen (secondary N) is 1. The first-order chi connectivity index (χ1) is 6.63. The van der Waals surface area contributed by atoms with Crippen LogP contribution in [0.1, 0.15) is 12.6 Å². The lowest BCUT2D eigenvalue weighted by Gasteiger charge is -2.15. The van der Waals surface area contributed by atoms with Gasteiger partial charge in [-0.25, -0.2) is 4.98 Å². The fourth-order valence-corrected chi connectivity index (χ4v) is 1.64. The summed E-state index contributed by atoms with van der Waals surface area (Å²) < 4.78 is 5.91. The van der Waals surface area contributed by atoms with Crippen LogP contribution in [0.25, 0.3) is 0 Å². The minimum atomic E-state index is 0.293. The number of rotatable bonds is 4. The Balaban J connectivity index is 2.67. The fourth-order valence-electron chi connectivity index (χ4n) is 1.24. The number of hydrogen-bond acceptors (Lipinski definition) is 3. The summed E-state index contributed by atoms with van der Waals surface area (Å²) in [7, 11) is 1.70. The Hall–Kier alpha value is -0.610. The highest BCUT2D eigenvalue weighted by Gasteiger charge is 2.04. The maximum absolute atomic E-state index is 5.05. The van der Waals surface area contributed by atoms with Gasteiger partial charge in [-0.15, -0.1) is 0 Å². The van der Waals surface area contributed by atoms with Crippen LogP contribution >= 0.6 is 15.9 Å². The average Bonchev–Trinajstić information content (AvgIpc) is 2.10. The van der Waals surface area contributed by atoms with Crippen LogP contribution in [0.2, 0.25) is 0 Å². The van der Waals surface area contributed by atoms with Gasteiger partial charge in [0.05, 0.1) is 18.0 Å². The number of anilines is 1. The monoisotopic (exact) mass is 258 g/mol. The molecule has 78 valence electrons. The Kier molecular flexibility index (Phi) is 4.35. The van der Waals surface area contributed by atoms with Gasteiger partial charge in [-0.1, -0.05) is 0 Å². The normalized spacial score (nSPS) is 12.6. The summed E-state index contributed by atoms with van der Waals surface area (Å²) in [4.78, 5) is 4.30. The molecule has 3 nitrogen and oxygen atoms in total. The van der Waals surface area contributed by atoms with Gasteiger partial charge in [0.1, 0.15) is 4.60 Å². The molecule has 0 aromatic carbocycles. The third-order valence-corrected chi connectivity index (χ3v) is 2.31. The van der Waals surface area contributed by atoms with Crippen molar-refractivity contribution >= 4 is 21.6 Å². The predicted molar refractivity (Wildman–Crippen MR) is 61.6 cm³/mol. The maximum atomic E-state index is 5.05. The highest BCUT2D eigenvalue weighted by atomic mass is 79.9. The predicted octanol–water partition coefficient (Wildman–Crippen LogP) is 2.60. The fraction of sp³-hybridized carbons (Fsp3) is 0.500. The molecule has 0 amide bonds. The zero-order valence-electron chi connectivity index (χ0n) is 8.67. The molecule has 0 aliphatic heterocycles. The third kappa shape index (κ3) is 3.27. The van der Waals surface area contributed by atoms with E-state index in [-0.39, 0.29) is 0 Å². The van der Waals surface area contributed by atoms with Gasteiger partial charge < -0.3 is 10.1 Å². The van der Waals surface area contributed by atoms with Crippen LogP contribution in [0.3, 0.4) is 0 Å². The van der Waals surface area contributed by atoms with Crippen LogP contribution in [-0.4, -0.2) is 24.7 Å². The van der Waals surface area contributed by atoms with Crippen LogP contribution in [0, 0.1) is 6.92 Å². The number of nitrogens with zero attached hydrogens (tertiary/aromatic N) is 1. The summed E-state index contributed by atoms with van der Waals surface area (Å²) in [6, 6.07) is 4.23. The molecule has 0 aliphatic rings. The quantitative estimate of drug-likeness (QED) is 0.844. The van der Waals surface area contributed by atoms with E-state index in [2.05, 4.69) is 33.2 Å². The molecule has 0 bridgehead atoms. The molecule has 0 spiro atoms. The molecule has 4 heteroatoms. The first-order valence-electron chi connectivity index (χ1n) is 4.52. The molecule has 14 heavy (non-hydrogen) atoms. The lowest BCUT2D eigenvalue weighted by molar-refractivity contribution is 0.190. The van der Waals surface area contributed by atoms with Gasteiger partial charge in [-0.05, 0) is 41.9 Å². The van der Waals surface area contributed by atoms with Crippen LogP contribution < -0.4 is 5.32 Å². The van der Waals surface area contributed by atoms with Crippen LogP contribution in [0.4, 0.5) is 5.69 Å². The summed E-state index contributed by atoms with van der Waals surface area (Å²) in [6.07, 6.45) is 0. The van der Waals surface area contributed by atoms with Crippen molar-refractivity contribution in [1.82, 2.24) is 4.98 Å². The molecule has 1 atom stereocenters. The van der Waals surface area contributed by atoms with E-state index in [1.165, 1.54) is 0 Å². The largest absolute Gasteiger partial charge is 0.383 e. The highest BCUT2D eigenvalue weighted by Crippen LogP contribution is 2.16. The van der Waals surface area contributed by atoms with Gasteiger partial charge in [0.15, 0.2) is 0 Å². The molecule has 1 aromatic rings. The Morgan fingerprint density at radius 2 is 2.29 bits per heavy atom. The summed E-state index contributed by atoms with van der Waals surface area (Å²) in [5.74, 6) is 0. The standard InChI is InChI=1S/C10H15BrN2O/c1-7(6-14-3)12-9-4-5-10(11)13-8(9)2/h4-5,7,12H,6H2,1-3H3. The Labute approximate surface area is 93.0 Å². The first-order valence-corrected chi connectivity index (χ1v) is 5.31. The molecule has 1 rings (SSSR count). The molecule has 1 N–H and O–H groups in total. The Morgan fingerprint density at radius 1 is 1.57 bits per heavy atom. The number of aryl methyl sites for hydroxylation is 1. The number of pyridine rings is 1. The molecule has 1 unspecified atom stereocenters. The van der Waals surface area contributed by atoms with Gasteiger partial charge in [0.2, 0.25) is 0 Å². The minimum absolute atomic E-state index is 0.293. The first kappa shape index (κ1) is 11.5. The maximum Gasteiger partial charge on any atom is 0.106 e.